The third kappa shape index (κ3) is 2.43. The molecule has 16 heavy (non-hydrogen) atoms. The van der Waals surface area contributed by atoms with E-state index in [1.54, 1.807) is 24.4 Å². The van der Waals surface area contributed by atoms with E-state index in [0.29, 0.717) is 16.3 Å². The van der Waals surface area contributed by atoms with Crippen molar-refractivity contribution in [1.82, 2.24) is 10.2 Å². The maximum atomic E-state index is 11.8. The first-order valence-electron chi connectivity index (χ1n) is 4.42. The van der Waals surface area contributed by atoms with Gasteiger partial charge in [0.05, 0.1) is 22.5 Å². The minimum absolute atomic E-state index is 0.271. The van der Waals surface area contributed by atoms with E-state index >= 15 is 0 Å². The Hall–Kier alpha value is -1.33. The molecule has 0 unspecified atom stereocenters. The predicted octanol–water partition coefficient (Wildman–Crippen LogP) is 3.08. The van der Waals surface area contributed by atoms with E-state index in [1.807, 2.05) is 0 Å². The second-order valence-corrected chi connectivity index (χ2v) is 4.39. The zero-order valence-electron chi connectivity index (χ0n) is 8.00. The molecule has 0 saturated heterocycles. The fourth-order valence-electron chi connectivity index (χ4n) is 1.19. The van der Waals surface area contributed by atoms with Crippen molar-refractivity contribution in [3.63, 3.8) is 0 Å². The zero-order chi connectivity index (χ0) is 11.5. The van der Waals surface area contributed by atoms with Crippen LogP contribution in [-0.4, -0.2) is 16.1 Å². The number of aromatic nitrogens is 2. The molecule has 0 spiro atoms. The van der Waals surface area contributed by atoms with Gasteiger partial charge in [-0.15, -0.1) is 0 Å². The van der Waals surface area contributed by atoms with Crippen LogP contribution in [0.15, 0.2) is 35.1 Å². The fraction of sp³-hybridized carbons (Fsp3) is 0. The number of aromatic amines is 1. The number of hydrogen-bond acceptors (Lipinski definition) is 2. The number of nitrogens with one attached hydrogen (secondary N) is 2. The topological polar surface area (TPSA) is 57.8 Å². The first kappa shape index (κ1) is 11.2. The molecule has 0 atom stereocenters. The summed E-state index contributed by atoms with van der Waals surface area (Å²) in [6.45, 7) is 0. The summed E-state index contributed by atoms with van der Waals surface area (Å²) in [6.07, 6.45) is 3.10. The Morgan fingerprint density at radius 2 is 2.31 bits per heavy atom. The van der Waals surface area contributed by atoms with E-state index in [9.17, 15) is 4.79 Å². The summed E-state index contributed by atoms with van der Waals surface area (Å²) in [5.41, 5.74) is 1.01. The molecule has 0 aliphatic rings. The largest absolute Gasteiger partial charge is 0.319 e. The van der Waals surface area contributed by atoms with Crippen molar-refractivity contribution in [2.75, 3.05) is 5.32 Å². The van der Waals surface area contributed by atoms with Gasteiger partial charge in [-0.2, -0.15) is 5.10 Å². The van der Waals surface area contributed by atoms with Gasteiger partial charge in [0.15, 0.2) is 0 Å². The fourth-order valence-corrected chi connectivity index (χ4v) is 1.75. The molecule has 0 aliphatic heterocycles. The van der Waals surface area contributed by atoms with Gasteiger partial charge in [-0.1, -0.05) is 27.5 Å². The third-order valence-electron chi connectivity index (χ3n) is 1.93. The molecule has 1 amide bonds. The summed E-state index contributed by atoms with van der Waals surface area (Å²) >= 11 is 9.21. The van der Waals surface area contributed by atoms with Crippen LogP contribution in [0.4, 0.5) is 5.69 Å². The van der Waals surface area contributed by atoms with Gasteiger partial charge in [0.25, 0.3) is 5.91 Å². The first-order chi connectivity index (χ1) is 7.66. The molecule has 2 aromatic rings. The first-order valence-corrected chi connectivity index (χ1v) is 5.59. The molecule has 0 radical (unpaired) electrons. The maximum Gasteiger partial charge on any atom is 0.257 e. The van der Waals surface area contributed by atoms with Crippen LogP contribution in [0, 0.1) is 0 Å². The second kappa shape index (κ2) is 4.67. The van der Waals surface area contributed by atoms with Crippen molar-refractivity contribution in [2.24, 2.45) is 0 Å². The molecule has 0 bridgehead atoms. The number of carbonyl (C=O) groups is 1. The van der Waals surface area contributed by atoms with Crippen molar-refractivity contribution in [2.45, 2.75) is 0 Å². The predicted molar refractivity (Wildman–Crippen MR) is 65.7 cm³/mol. The standard InChI is InChI=1S/C10H7BrClN3O/c11-6-1-2-9(12)8(3-6)10(16)15-7-4-13-14-5-7/h1-5H,(H,13,14)(H,15,16). The SMILES string of the molecule is O=C(Nc1cn[nH]c1)c1cc(Br)ccc1Cl. The molecule has 1 heterocycles. The van der Waals surface area contributed by atoms with Crippen LogP contribution in [0.1, 0.15) is 10.4 Å². The Bertz CT molecular complexity index is 513. The van der Waals surface area contributed by atoms with Gasteiger partial charge in [-0.25, -0.2) is 0 Å². The number of anilines is 1. The summed E-state index contributed by atoms with van der Waals surface area (Å²) in [5, 5.41) is 9.41. The monoisotopic (exact) mass is 299 g/mol. The Kier molecular flexibility index (Phi) is 3.26. The summed E-state index contributed by atoms with van der Waals surface area (Å²) in [7, 11) is 0. The Morgan fingerprint density at radius 3 is 3.00 bits per heavy atom. The van der Waals surface area contributed by atoms with Crippen molar-refractivity contribution in [3.8, 4) is 0 Å². The van der Waals surface area contributed by atoms with Gasteiger partial charge >= 0.3 is 0 Å². The van der Waals surface area contributed by atoms with E-state index in [1.165, 1.54) is 6.20 Å². The average Bonchev–Trinajstić information content (AvgIpc) is 2.74. The molecule has 1 aromatic heterocycles. The number of benzene rings is 1. The lowest BCUT2D eigenvalue weighted by molar-refractivity contribution is 0.102. The van der Waals surface area contributed by atoms with E-state index in [4.69, 9.17) is 11.6 Å². The Labute approximate surface area is 105 Å². The summed E-state index contributed by atoms with van der Waals surface area (Å²) in [6, 6.07) is 5.10. The summed E-state index contributed by atoms with van der Waals surface area (Å²) in [5.74, 6) is -0.271. The molecule has 2 rings (SSSR count). The third-order valence-corrected chi connectivity index (χ3v) is 2.75. The zero-order valence-corrected chi connectivity index (χ0v) is 10.3. The molecule has 0 fully saturated rings. The lowest BCUT2D eigenvalue weighted by Gasteiger charge is -2.04. The summed E-state index contributed by atoms with van der Waals surface area (Å²) < 4.78 is 0.800. The molecule has 4 nitrogen and oxygen atoms in total. The van der Waals surface area contributed by atoms with Crippen LogP contribution in [-0.2, 0) is 0 Å². The molecule has 0 aliphatic carbocycles. The molecule has 6 heteroatoms. The average molecular weight is 301 g/mol. The van der Waals surface area contributed by atoms with Crippen molar-refractivity contribution in [1.29, 1.82) is 0 Å². The molecule has 0 saturated carbocycles. The minimum Gasteiger partial charge on any atom is -0.319 e. The molecular weight excluding hydrogens is 293 g/mol. The van der Waals surface area contributed by atoms with Crippen molar-refractivity contribution >= 4 is 39.1 Å². The Morgan fingerprint density at radius 1 is 1.50 bits per heavy atom. The highest BCUT2D eigenvalue weighted by atomic mass is 79.9. The van der Waals surface area contributed by atoms with Crippen LogP contribution in [0.25, 0.3) is 0 Å². The van der Waals surface area contributed by atoms with Crippen LogP contribution < -0.4 is 5.32 Å². The van der Waals surface area contributed by atoms with E-state index in [0.717, 1.165) is 4.47 Å². The van der Waals surface area contributed by atoms with Crippen LogP contribution in [0.5, 0.6) is 0 Å². The number of nitrogens with zero attached hydrogens (tertiary/aromatic N) is 1. The van der Waals surface area contributed by atoms with Crippen molar-refractivity contribution in [3.05, 3.63) is 45.7 Å². The highest BCUT2D eigenvalue weighted by molar-refractivity contribution is 9.10. The number of rotatable bonds is 2. The van der Waals surface area contributed by atoms with E-state index < -0.39 is 0 Å². The smallest absolute Gasteiger partial charge is 0.257 e. The molecular formula is C10H7BrClN3O. The van der Waals surface area contributed by atoms with Crippen LogP contribution in [0.2, 0.25) is 5.02 Å². The van der Waals surface area contributed by atoms with Crippen LogP contribution in [0.3, 0.4) is 0 Å². The number of hydrogen-bond donors (Lipinski definition) is 2. The van der Waals surface area contributed by atoms with Crippen LogP contribution >= 0.6 is 27.5 Å². The van der Waals surface area contributed by atoms with E-state index in [-0.39, 0.29) is 5.91 Å². The number of carbonyl (C=O) groups excluding carboxylic acids is 1. The summed E-state index contributed by atoms with van der Waals surface area (Å²) in [4.78, 5) is 11.8. The van der Waals surface area contributed by atoms with Gasteiger partial charge in [0, 0.05) is 10.7 Å². The lowest BCUT2D eigenvalue weighted by Crippen LogP contribution is -2.11. The normalized spacial score (nSPS) is 10.1. The number of H-pyrrole nitrogens is 1. The van der Waals surface area contributed by atoms with Gasteiger partial charge in [-0.05, 0) is 18.2 Å². The molecule has 1 aromatic carbocycles. The maximum absolute atomic E-state index is 11.8. The molecule has 82 valence electrons. The Balaban J connectivity index is 2.24. The van der Waals surface area contributed by atoms with Gasteiger partial charge in [-0.3, -0.25) is 9.89 Å². The number of amides is 1. The number of halogens is 2. The highest BCUT2D eigenvalue weighted by Gasteiger charge is 2.11. The van der Waals surface area contributed by atoms with Gasteiger partial charge in [0.2, 0.25) is 0 Å². The second-order valence-electron chi connectivity index (χ2n) is 3.07. The van der Waals surface area contributed by atoms with Gasteiger partial charge < -0.3 is 5.32 Å². The highest BCUT2D eigenvalue weighted by Crippen LogP contribution is 2.21. The van der Waals surface area contributed by atoms with E-state index in [2.05, 4.69) is 31.4 Å². The van der Waals surface area contributed by atoms with Gasteiger partial charge in [0.1, 0.15) is 0 Å². The quantitative estimate of drug-likeness (QED) is 0.895. The van der Waals surface area contributed by atoms with Crippen molar-refractivity contribution < 1.29 is 4.79 Å². The lowest BCUT2D eigenvalue weighted by atomic mass is 10.2. The molecule has 2 N–H and O–H groups in total. The minimum atomic E-state index is -0.271.